The van der Waals surface area contributed by atoms with E-state index in [1.165, 1.54) is 6.42 Å². The Morgan fingerprint density at radius 1 is 1.00 bits per heavy atom. The molecule has 0 unspecified atom stereocenters. The third-order valence-electron chi connectivity index (χ3n) is 1.91. The number of hydrogen-bond acceptors (Lipinski definition) is 2. The maximum Gasteiger partial charge on any atom is 0.0481 e. The molecule has 68 valence electrons. The highest BCUT2D eigenvalue weighted by molar-refractivity contribution is 4.56. The van der Waals surface area contributed by atoms with E-state index >= 15 is 0 Å². The second kappa shape index (κ2) is 6.62. The van der Waals surface area contributed by atoms with Gasteiger partial charge in [0, 0.05) is 19.1 Å². The van der Waals surface area contributed by atoms with Gasteiger partial charge >= 0.3 is 0 Å². The van der Waals surface area contributed by atoms with Crippen molar-refractivity contribution in [2.45, 2.75) is 33.1 Å². The third-order valence-corrected chi connectivity index (χ3v) is 1.91. The molecule has 2 heteroatoms. The minimum Gasteiger partial charge on any atom is -0.396 e. The van der Waals surface area contributed by atoms with E-state index in [1.54, 1.807) is 0 Å². The van der Waals surface area contributed by atoms with Gasteiger partial charge in [-0.15, -0.1) is 0 Å². The Bertz CT molecular complexity index is 77.6. The van der Waals surface area contributed by atoms with E-state index in [1.807, 2.05) is 0 Å². The van der Waals surface area contributed by atoms with Crippen LogP contribution in [0, 0.1) is 11.8 Å². The SMILES string of the molecule is CC(C)CCCC(CO)CO. The largest absolute Gasteiger partial charge is 0.396 e. The van der Waals surface area contributed by atoms with Crippen LogP contribution in [0.3, 0.4) is 0 Å². The van der Waals surface area contributed by atoms with E-state index in [0.717, 1.165) is 18.8 Å². The highest BCUT2D eigenvalue weighted by Gasteiger charge is 2.05. The lowest BCUT2D eigenvalue weighted by Gasteiger charge is -2.10. The van der Waals surface area contributed by atoms with Crippen LogP contribution in [-0.4, -0.2) is 23.4 Å². The summed E-state index contributed by atoms with van der Waals surface area (Å²) >= 11 is 0. The molecule has 0 fully saturated rings. The predicted octanol–water partition coefficient (Wildman–Crippen LogP) is 1.41. The molecule has 2 N–H and O–H groups in total. The van der Waals surface area contributed by atoms with Crippen LogP contribution < -0.4 is 0 Å². The molecule has 0 atom stereocenters. The van der Waals surface area contributed by atoms with Crippen LogP contribution >= 0.6 is 0 Å². The van der Waals surface area contributed by atoms with Crippen LogP contribution in [-0.2, 0) is 0 Å². The molecule has 11 heavy (non-hydrogen) atoms. The molecule has 0 aliphatic carbocycles. The predicted molar refractivity (Wildman–Crippen MR) is 46.4 cm³/mol. The molecule has 0 saturated heterocycles. The lowest BCUT2D eigenvalue weighted by Crippen LogP contribution is -2.10. The Morgan fingerprint density at radius 2 is 1.55 bits per heavy atom. The first-order chi connectivity index (χ1) is 5.20. The molecule has 0 aromatic rings. The van der Waals surface area contributed by atoms with Crippen LogP contribution in [0.15, 0.2) is 0 Å². The average Bonchev–Trinajstić information content (AvgIpc) is 1.98. The van der Waals surface area contributed by atoms with Gasteiger partial charge in [0.1, 0.15) is 0 Å². The number of rotatable bonds is 6. The molecule has 0 aliphatic rings. The minimum atomic E-state index is 0.105. The fourth-order valence-corrected chi connectivity index (χ4v) is 1.06. The highest BCUT2D eigenvalue weighted by atomic mass is 16.3. The van der Waals surface area contributed by atoms with Crippen molar-refractivity contribution in [2.75, 3.05) is 13.2 Å². The maximum atomic E-state index is 8.73. The van der Waals surface area contributed by atoms with E-state index in [2.05, 4.69) is 13.8 Å². The molecule has 0 aromatic carbocycles. The summed E-state index contributed by atoms with van der Waals surface area (Å²) in [6.45, 7) is 4.61. The van der Waals surface area contributed by atoms with Gasteiger partial charge in [-0.1, -0.05) is 26.7 Å². The number of aliphatic hydroxyl groups excluding tert-OH is 2. The van der Waals surface area contributed by atoms with Gasteiger partial charge < -0.3 is 10.2 Å². The Balaban J connectivity index is 3.21. The standard InChI is InChI=1S/C9H20O2/c1-8(2)4-3-5-9(6-10)7-11/h8-11H,3-7H2,1-2H3. The molecule has 0 amide bonds. The summed E-state index contributed by atoms with van der Waals surface area (Å²) in [6.07, 6.45) is 3.26. The number of aliphatic hydroxyl groups is 2. The second-order valence-electron chi connectivity index (χ2n) is 3.56. The van der Waals surface area contributed by atoms with E-state index in [0.29, 0.717) is 0 Å². The zero-order chi connectivity index (χ0) is 8.69. The third kappa shape index (κ3) is 6.32. The van der Waals surface area contributed by atoms with E-state index in [4.69, 9.17) is 10.2 Å². The average molecular weight is 160 g/mol. The first kappa shape index (κ1) is 10.9. The molecule has 0 radical (unpaired) electrons. The molecular weight excluding hydrogens is 140 g/mol. The Morgan fingerprint density at radius 3 is 1.91 bits per heavy atom. The smallest absolute Gasteiger partial charge is 0.0481 e. The summed E-state index contributed by atoms with van der Waals surface area (Å²) in [5.74, 6) is 0.835. The molecular formula is C9H20O2. The molecule has 0 saturated carbocycles. The van der Waals surface area contributed by atoms with E-state index < -0.39 is 0 Å². The van der Waals surface area contributed by atoms with Crippen molar-refractivity contribution in [1.29, 1.82) is 0 Å². The van der Waals surface area contributed by atoms with Gasteiger partial charge in [0.15, 0.2) is 0 Å². The quantitative estimate of drug-likeness (QED) is 0.617. The second-order valence-corrected chi connectivity index (χ2v) is 3.56. The lowest BCUT2D eigenvalue weighted by molar-refractivity contribution is 0.141. The van der Waals surface area contributed by atoms with Gasteiger partial charge in [0.2, 0.25) is 0 Å². The van der Waals surface area contributed by atoms with Crippen molar-refractivity contribution in [3.63, 3.8) is 0 Å². The summed E-state index contributed by atoms with van der Waals surface area (Å²) in [5, 5.41) is 17.5. The normalized spacial score (nSPS) is 11.5. The first-order valence-electron chi connectivity index (χ1n) is 4.42. The Labute approximate surface area is 69.2 Å². The van der Waals surface area contributed by atoms with Gasteiger partial charge in [-0.2, -0.15) is 0 Å². The van der Waals surface area contributed by atoms with Crippen LogP contribution in [0.25, 0.3) is 0 Å². The molecule has 0 rings (SSSR count). The molecule has 2 nitrogen and oxygen atoms in total. The van der Waals surface area contributed by atoms with Gasteiger partial charge in [-0.3, -0.25) is 0 Å². The van der Waals surface area contributed by atoms with Gasteiger partial charge in [0.25, 0.3) is 0 Å². The van der Waals surface area contributed by atoms with Crippen molar-refractivity contribution >= 4 is 0 Å². The number of hydrogen-bond donors (Lipinski definition) is 2. The van der Waals surface area contributed by atoms with Crippen molar-refractivity contribution in [2.24, 2.45) is 11.8 Å². The van der Waals surface area contributed by atoms with Crippen molar-refractivity contribution in [3.05, 3.63) is 0 Å². The highest BCUT2D eigenvalue weighted by Crippen LogP contribution is 2.11. The summed E-state index contributed by atoms with van der Waals surface area (Å²) in [5.41, 5.74) is 0. The van der Waals surface area contributed by atoms with E-state index in [-0.39, 0.29) is 19.1 Å². The van der Waals surface area contributed by atoms with E-state index in [9.17, 15) is 0 Å². The molecule has 0 bridgehead atoms. The van der Waals surface area contributed by atoms with Crippen molar-refractivity contribution in [3.8, 4) is 0 Å². The summed E-state index contributed by atoms with van der Waals surface area (Å²) in [6, 6.07) is 0. The maximum absolute atomic E-state index is 8.73. The van der Waals surface area contributed by atoms with Crippen molar-refractivity contribution in [1.82, 2.24) is 0 Å². The summed E-state index contributed by atoms with van der Waals surface area (Å²) < 4.78 is 0. The van der Waals surface area contributed by atoms with Crippen molar-refractivity contribution < 1.29 is 10.2 Å². The summed E-state index contributed by atoms with van der Waals surface area (Å²) in [7, 11) is 0. The molecule has 0 heterocycles. The van der Waals surface area contributed by atoms with Crippen LogP contribution in [0.4, 0.5) is 0 Å². The zero-order valence-electron chi connectivity index (χ0n) is 7.58. The Kier molecular flexibility index (Phi) is 6.57. The van der Waals surface area contributed by atoms with Gasteiger partial charge in [-0.25, -0.2) is 0 Å². The van der Waals surface area contributed by atoms with Crippen LogP contribution in [0.5, 0.6) is 0 Å². The Hall–Kier alpha value is -0.0800. The molecule has 0 aliphatic heterocycles. The minimum absolute atomic E-state index is 0.105. The van der Waals surface area contributed by atoms with Crippen LogP contribution in [0.1, 0.15) is 33.1 Å². The van der Waals surface area contributed by atoms with Gasteiger partial charge in [0.05, 0.1) is 0 Å². The first-order valence-corrected chi connectivity index (χ1v) is 4.42. The topological polar surface area (TPSA) is 40.5 Å². The fraction of sp³-hybridized carbons (Fsp3) is 1.00. The monoisotopic (exact) mass is 160 g/mol. The lowest BCUT2D eigenvalue weighted by atomic mass is 10.00. The molecule has 0 aromatic heterocycles. The van der Waals surface area contributed by atoms with Crippen LogP contribution in [0.2, 0.25) is 0 Å². The molecule has 0 spiro atoms. The zero-order valence-corrected chi connectivity index (χ0v) is 7.58. The summed E-state index contributed by atoms with van der Waals surface area (Å²) in [4.78, 5) is 0. The fourth-order valence-electron chi connectivity index (χ4n) is 1.06. The van der Waals surface area contributed by atoms with Gasteiger partial charge in [-0.05, 0) is 12.3 Å².